The van der Waals surface area contributed by atoms with Crippen LogP contribution in [0.1, 0.15) is 29.7 Å². The molecule has 1 aromatic carbocycles. The van der Waals surface area contributed by atoms with Crippen molar-refractivity contribution in [3.05, 3.63) is 53.7 Å². The van der Waals surface area contributed by atoms with Crippen LogP contribution < -0.4 is 5.32 Å². The molecule has 0 bridgehead atoms. The van der Waals surface area contributed by atoms with E-state index in [1.54, 1.807) is 6.20 Å². The molecule has 0 aliphatic rings. The summed E-state index contributed by atoms with van der Waals surface area (Å²) < 4.78 is 5.34. The van der Waals surface area contributed by atoms with Gasteiger partial charge in [-0.05, 0) is 25.5 Å². The van der Waals surface area contributed by atoms with E-state index < -0.39 is 6.10 Å². The number of aryl methyl sites for hydroxylation is 1. The average molecular weight is 246 g/mol. The van der Waals surface area contributed by atoms with E-state index in [0.29, 0.717) is 18.9 Å². The smallest absolute Gasteiger partial charge is 0.208 e. The summed E-state index contributed by atoms with van der Waals surface area (Å²) in [5.41, 5.74) is 0.950. The molecule has 1 aromatic heterocycles. The second kappa shape index (κ2) is 6.33. The molecule has 4 heteroatoms. The average Bonchev–Trinajstić information content (AvgIpc) is 2.81. The Morgan fingerprint density at radius 3 is 2.78 bits per heavy atom. The number of aromatic nitrogens is 1. The number of nitrogens with one attached hydrogen (secondary N) is 1. The molecule has 1 heterocycles. The van der Waals surface area contributed by atoms with E-state index in [1.165, 1.54) is 0 Å². The monoisotopic (exact) mass is 246 g/mol. The van der Waals surface area contributed by atoms with Gasteiger partial charge in [-0.3, -0.25) is 0 Å². The number of rotatable bonds is 6. The maximum Gasteiger partial charge on any atom is 0.208 e. The predicted octanol–water partition coefficient (Wildman–Crippen LogP) is 2.20. The lowest BCUT2D eigenvalue weighted by Crippen LogP contribution is -2.17. The van der Waals surface area contributed by atoms with Crippen LogP contribution in [0.3, 0.4) is 0 Å². The lowest BCUT2D eigenvalue weighted by Gasteiger charge is -2.10. The molecule has 0 spiro atoms. The first-order valence-corrected chi connectivity index (χ1v) is 6.11. The summed E-state index contributed by atoms with van der Waals surface area (Å²) >= 11 is 0. The van der Waals surface area contributed by atoms with Crippen LogP contribution in [0.25, 0.3) is 0 Å². The number of benzene rings is 1. The minimum absolute atomic E-state index is 0.426. The minimum Gasteiger partial charge on any atom is -0.445 e. The van der Waals surface area contributed by atoms with Crippen LogP contribution in [0.4, 0.5) is 0 Å². The normalized spacial score (nSPS) is 12.6. The van der Waals surface area contributed by atoms with Gasteiger partial charge in [0.15, 0.2) is 0 Å². The molecule has 0 amide bonds. The predicted molar refractivity (Wildman–Crippen MR) is 69.0 cm³/mol. The van der Waals surface area contributed by atoms with Crippen LogP contribution in [0, 0.1) is 6.92 Å². The quantitative estimate of drug-likeness (QED) is 0.767. The summed E-state index contributed by atoms with van der Waals surface area (Å²) in [5, 5.41) is 13.1. The lowest BCUT2D eigenvalue weighted by molar-refractivity contribution is 0.166. The molecule has 18 heavy (non-hydrogen) atoms. The molecule has 0 unspecified atom stereocenters. The third-order valence-corrected chi connectivity index (χ3v) is 2.72. The Labute approximate surface area is 107 Å². The van der Waals surface area contributed by atoms with Gasteiger partial charge in [0.2, 0.25) is 5.89 Å². The fourth-order valence-electron chi connectivity index (χ4n) is 1.76. The van der Waals surface area contributed by atoms with E-state index in [2.05, 4.69) is 10.3 Å². The highest BCUT2D eigenvalue weighted by molar-refractivity contribution is 5.17. The fourth-order valence-corrected chi connectivity index (χ4v) is 1.76. The molecule has 2 rings (SSSR count). The van der Waals surface area contributed by atoms with Gasteiger partial charge in [-0.15, -0.1) is 0 Å². The molecule has 0 fully saturated rings. The summed E-state index contributed by atoms with van der Waals surface area (Å²) in [6, 6.07) is 9.67. The Kier molecular flexibility index (Phi) is 4.50. The van der Waals surface area contributed by atoms with E-state index in [-0.39, 0.29) is 0 Å². The molecule has 2 N–H and O–H groups in total. The lowest BCUT2D eigenvalue weighted by atomic mass is 10.1. The second-order valence-electron chi connectivity index (χ2n) is 4.26. The number of oxazole rings is 1. The van der Waals surface area contributed by atoms with Crippen molar-refractivity contribution in [3.63, 3.8) is 0 Å². The second-order valence-corrected chi connectivity index (χ2v) is 4.26. The fraction of sp³-hybridized carbons (Fsp3) is 0.357. The number of nitrogens with zero attached hydrogens (tertiary/aromatic N) is 1. The molecule has 96 valence electrons. The molecular formula is C14H18N2O2. The summed E-state index contributed by atoms with van der Waals surface area (Å²) in [4.78, 5) is 4.10. The first-order valence-electron chi connectivity index (χ1n) is 6.11. The Morgan fingerprint density at radius 1 is 1.33 bits per heavy atom. The minimum atomic E-state index is -0.426. The first-order chi connectivity index (χ1) is 8.75. The molecule has 0 saturated carbocycles. The highest BCUT2D eigenvalue weighted by Gasteiger charge is 2.06. The molecule has 0 aliphatic carbocycles. The standard InChI is InChI=1S/C14H18N2O2/c1-11-9-16-14(18-11)10-15-8-7-13(17)12-5-3-2-4-6-12/h2-6,9,13,15,17H,7-8,10H2,1H3/t13-/m1/s1. The van der Waals surface area contributed by atoms with Gasteiger partial charge in [0, 0.05) is 0 Å². The van der Waals surface area contributed by atoms with Crippen LogP contribution in [0.15, 0.2) is 40.9 Å². The van der Waals surface area contributed by atoms with Gasteiger partial charge in [-0.1, -0.05) is 30.3 Å². The van der Waals surface area contributed by atoms with Crippen LogP contribution in [0.5, 0.6) is 0 Å². The highest BCUT2D eigenvalue weighted by atomic mass is 16.4. The van der Waals surface area contributed by atoms with Crippen molar-refractivity contribution in [3.8, 4) is 0 Å². The summed E-state index contributed by atoms with van der Waals surface area (Å²) in [6.45, 7) is 3.18. The Balaban J connectivity index is 1.69. The van der Waals surface area contributed by atoms with E-state index in [1.807, 2.05) is 37.3 Å². The van der Waals surface area contributed by atoms with Crippen molar-refractivity contribution in [2.24, 2.45) is 0 Å². The van der Waals surface area contributed by atoms with Crippen molar-refractivity contribution in [2.75, 3.05) is 6.54 Å². The number of aliphatic hydroxyl groups is 1. The number of aliphatic hydroxyl groups excluding tert-OH is 1. The molecule has 4 nitrogen and oxygen atoms in total. The highest BCUT2D eigenvalue weighted by Crippen LogP contribution is 2.14. The van der Waals surface area contributed by atoms with Gasteiger partial charge in [0.25, 0.3) is 0 Å². The largest absolute Gasteiger partial charge is 0.445 e. The Morgan fingerprint density at radius 2 is 2.11 bits per heavy atom. The van der Waals surface area contributed by atoms with Crippen molar-refractivity contribution in [1.29, 1.82) is 0 Å². The summed E-state index contributed by atoms with van der Waals surface area (Å²) in [6.07, 6.45) is 1.95. The summed E-state index contributed by atoms with van der Waals surface area (Å²) in [7, 11) is 0. The number of hydrogen-bond acceptors (Lipinski definition) is 4. The Hall–Kier alpha value is -1.65. The van der Waals surface area contributed by atoms with Crippen molar-refractivity contribution in [1.82, 2.24) is 10.3 Å². The molecule has 0 radical (unpaired) electrons. The molecule has 0 aliphatic heterocycles. The Bertz CT molecular complexity index is 468. The van der Waals surface area contributed by atoms with Gasteiger partial charge in [0.05, 0.1) is 18.8 Å². The zero-order valence-corrected chi connectivity index (χ0v) is 10.5. The van der Waals surface area contributed by atoms with Gasteiger partial charge < -0.3 is 14.8 Å². The van der Waals surface area contributed by atoms with Crippen molar-refractivity contribution < 1.29 is 9.52 Å². The maximum atomic E-state index is 9.94. The van der Waals surface area contributed by atoms with Crippen molar-refractivity contribution in [2.45, 2.75) is 26.0 Å². The van der Waals surface area contributed by atoms with Gasteiger partial charge in [-0.25, -0.2) is 4.98 Å². The van der Waals surface area contributed by atoms with E-state index >= 15 is 0 Å². The maximum absolute atomic E-state index is 9.94. The molecule has 2 aromatic rings. The van der Waals surface area contributed by atoms with Crippen LogP contribution in [-0.4, -0.2) is 16.6 Å². The van der Waals surface area contributed by atoms with Crippen LogP contribution in [-0.2, 0) is 6.54 Å². The zero-order valence-electron chi connectivity index (χ0n) is 10.5. The van der Waals surface area contributed by atoms with E-state index in [0.717, 1.165) is 17.9 Å². The van der Waals surface area contributed by atoms with E-state index in [4.69, 9.17) is 4.42 Å². The number of hydrogen-bond donors (Lipinski definition) is 2. The van der Waals surface area contributed by atoms with Gasteiger partial charge in [-0.2, -0.15) is 0 Å². The van der Waals surface area contributed by atoms with Crippen LogP contribution in [0.2, 0.25) is 0 Å². The topological polar surface area (TPSA) is 58.3 Å². The van der Waals surface area contributed by atoms with Gasteiger partial charge >= 0.3 is 0 Å². The van der Waals surface area contributed by atoms with Gasteiger partial charge in [0.1, 0.15) is 5.76 Å². The summed E-state index contributed by atoms with van der Waals surface area (Å²) in [5.74, 6) is 1.50. The van der Waals surface area contributed by atoms with E-state index in [9.17, 15) is 5.11 Å². The SMILES string of the molecule is Cc1cnc(CNCC[C@@H](O)c2ccccc2)o1. The molecule has 0 saturated heterocycles. The van der Waals surface area contributed by atoms with Crippen LogP contribution >= 0.6 is 0 Å². The first kappa shape index (κ1) is 12.8. The third kappa shape index (κ3) is 3.68. The van der Waals surface area contributed by atoms with Crippen molar-refractivity contribution >= 4 is 0 Å². The molecular weight excluding hydrogens is 228 g/mol. The third-order valence-electron chi connectivity index (χ3n) is 2.72. The molecule has 1 atom stereocenters. The zero-order chi connectivity index (χ0) is 12.8.